The maximum atomic E-state index is 13.4. The van der Waals surface area contributed by atoms with Gasteiger partial charge in [-0.25, -0.2) is 0 Å². The predicted octanol–water partition coefficient (Wildman–Crippen LogP) is 4.71. The number of fused-ring (bicyclic) bond motifs is 2. The van der Waals surface area contributed by atoms with Crippen molar-refractivity contribution in [1.29, 1.82) is 0 Å². The van der Waals surface area contributed by atoms with Crippen molar-refractivity contribution in [3.05, 3.63) is 84.7 Å². The van der Waals surface area contributed by atoms with E-state index in [2.05, 4.69) is 0 Å². The number of carbonyl (C=O) groups excluding carboxylic acids is 1. The maximum absolute atomic E-state index is 13.4. The summed E-state index contributed by atoms with van der Waals surface area (Å²) in [6.07, 6.45) is 0.617. The molecular weight excluding hydrogens is 436 g/mol. The number of amides is 1. The van der Waals surface area contributed by atoms with Gasteiger partial charge in [-0.1, -0.05) is 11.6 Å². The molecule has 0 radical (unpaired) electrons. The molecule has 0 aliphatic carbocycles. The predicted molar refractivity (Wildman–Crippen MR) is 119 cm³/mol. The lowest BCUT2D eigenvalue weighted by Gasteiger charge is -2.25. The van der Waals surface area contributed by atoms with E-state index in [4.69, 9.17) is 20.8 Å². The van der Waals surface area contributed by atoms with Crippen LogP contribution in [0.4, 0.5) is 5.69 Å². The first-order valence-corrected chi connectivity index (χ1v) is 10.6. The minimum absolute atomic E-state index is 0.0158. The second-order valence-corrected chi connectivity index (χ2v) is 8.27. The van der Waals surface area contributed by atoms with Crippen LogP contribution in [-0.4, -0.2) is 35.0 Å². The molecule has 0 saturated heterocycles. The number of halogens is 1. The lowest BCUT2D eigenvalue weighted by molar-refractivity contribution is -0.384. The van der Waals surface area contributed by atoms with Gasteiger partial charge in [-0.15, -0.1) is 0 Å². The summed E-state index contributed by atoms with van der Waals surface area (Å²) in [5.41, 5.74) is 0.650. The molecule has 2 heterocycles. The van der Waals surface area contributed by atoms with Gasteiger partial charge in [0.1, 0.15) is 5.58 Å². The lowest BCUT2D eigenvalue weighted by atomic mass is 9.98. The second kappa shape index (κ2) is 8.72. The van der Waals surface area contributed by atoms with E-state index in [-0.39, 0.29) is 39.5 Å². The highest BCUT2D eigenvalue weighted by atomic mass is 35.5. The number of hydrogen-bond acceptors (Lipinski definition) is 6. The highest BCUT2D eigenvalue weighted by molar-refractivity contribution is 6.31. The standard InChI is InChI=1S/C23H21ClN2O6/c1-13(2)31-11-3-10-25-20(14-4-7-16(8-5-14)26(29)30)19-21(27)17-12-15(24)6-9-18(17)32-22(19)23(25)28/h4-9,12-13,20H,3,10-11H2,1-2H3. The van der Waals surface area contributed by atoms with Gasteiger partial charge in [0, 0.05) is 30.3 Å². The molecule has 166 valence electrons. The van der Waals surface area contributed by atoms with E-state index in [9.17, 15) is 19.7 Å². The van der Waals surface area contributed by atoms with Gasteiger partial charge in [-0.3, -0.25) is 19.7 Å². The van der Waals surface area contributed by atoms with Crippen LogP contribution < -0.4 is 5.43 Å². The molecule has 4 rings (SSSR count). The quantitative estimate of drug-likeness (QED) is 0.289. The third-order valence-electron chi connectivity index (χ3n) is 5.34. The van der Waals surface area contributed by atoms with E-state index >= 15 is 0 Å². The molecule has 9 heteroatoms. The van der Waals surface area contributed by atoms with Gasteiger partial charge in [-0.05, 0) is 56.2 Å². The first-order valence-electron chi connectivity index (χ1n) is 10.2. The van der Waals surface area contributed by atoms with Crippen LogP contribution in [0.3, 0.4) is 0 Å². The van der Waals surface area contributed by atoms with Crippen molar-refractivity contribution in [1.82, 2.24) is 4.90 Å². The van der Waals surface area contributed by atoms with Crippen LogP contribution in [0.15, 0.2) is 51.7 Å². The molecule has 1 aromatic heterocycles. The normalized spacial score (nSPS) is 15.6. The molecule has 1 amide bonds. The number of nitro groups is 1. The number of nitrogens with zero attached hydrogens (tertiary/aromatic N) is 2. The van der Waals surface area contributed by atoms with Crippen molar-refractivity contribution >= 4 is 34.2 Å². The van der Waals surface area contributed by atoms with Gasteiger partial charge >= 0.3 is 0 Å². The first kappa shape index (κ1) is 22.0. The zero-order valence-corrected chi connectivity index (χ0v) is 18.3. The molecule has 1 aliphatic heterocycles. The lowest BCUT2D eigenvalue weighted by Crippen LogP contribution is -2.31. The summed E-state index contributed by atoms with van der Waals surface area (Å²) in [6.45, 7) is 4.63. The summed E-state index contributed by atoms with van der Waals surface area (Å²) in [6, 6.07) is 9.78. The minimum atomic E-state index is -0.725. The fourth-order valence-corrected chi connectivity index (χ4v) is 4.07. The minimum Gasteiger partial charge on any atom is -0.450 e. The Balaban J connectivity index is 1.81. The van der Waals surface area contributed by atoms with Crippen LogP contribution in [0.25, 0.3) is 11.0 Å². The van der Waals surface area contributed by atoms with E-state index in [1.54, 1.807) is 29.2 Å². The molecule has 32 heavy (non-hydrogen) atoms. The van der Waals surface area contributed by atoms with Gasteiger partial charge in [-0.2, -0.15) is 0 Å². The average Bonchev–Trinajstić information content (AvgIpc) is 3.04. The van der Waals surface area contributed by atoms with Crippen molar-refractivity contribution in [3.8, 4) is 0 Å². The SMILES string of the molecule is CC(C)OCCCN1C(=O)c2oc3ccc(Cl)cc3c(=O)c2C1c1ccc([N+](=O)[O-])cc1. The number of ether oxygens (including phenoxy) is 1. The summed E-state index contributed by atoms with van der Waals surface area (Å²) in [7, 11) is 0. The summed E-state index contributed by atoms with van der Waals surface area (Å²) in [4.78, 5) is 38.8. The fourth-order valence-electron chi connectivity index (χ4n) is 3.90. The Bertz CT molecular complexity index is 1250. The van der Waals surface area contributed by atoms with Crippen LogP contribution in [0.5, 0.6) is 0 Å². The second-order valence-electron chi connectivity index (χ2n) is 7.84. The van der Waals surface area contributed by atoms with E-state index < -0.39 is 16.9 Å². The van der Waals surface area contributed by atoms with Gasteiger partial charge in [0.15, 0.2) is 5.43 Å². The van der Waals surface area contributed by atoms with E-state index in [1.807, 2.05) is 13.8 Å². The average molecular weight is 457 g/mol. The van der Waals surface area contributed by atoms with E-state index in [0.29, 0.717) is 30.2 Å². The van der Waals surface area contributed by atoms with Crippen LogP contribution in [0.1, 0.15) is 48.0 Å². The van der Waals surface area contributed by atoms with Crippen molar-refractivity contribution < 1.29 is 18.9 Å². The Morgan fingerprint density at radius 2 is 1.91 bits per heavy atom. The summed E-state index contributed by atoms with van der Waals surface area (Å²) in [5, 5.41) is 11.7. The number of rotatable bonds is 7. The molecule has 8 nitrogen and oxygen atoms in total. The molecule has 0 fully saturated rings. The maximum Gasteiger partial charge on any atom is 0.290 e. The number of nitro benzene ring substituents is 1. The Labute approximate surface area is 188 Å². The first-order chi connectivity index (χ1) is 15.3. The summed E-state index contributed by atoms with van der Waals surface area (Å²) >= 11 is 6.07. The molecule has 1 aliphatic rings. The largest absolute Gasteiger partial charge is 0.450 e. The molecular formula is C23H21ClN2O6. The Hall–Kier alpha value is -3.23. The van der Waals surface area contributed by atoms with Gasteiger partial charge in [0.2, 0.25) is 5.76 Å². The molecule has 0 spiro atoms. The number of benzene rings is 2. The molecule has 0 bridgehead atoms. The van der Waals surface area contributed by atoms with Crippen LogP contribution >= 0.6 is 11.6 Å². The van der Waals surface area contributed by atoms with Crippen molar-refractivity contribution in [2.75, 3.05) is 13.2 Å². The van der Waals surface area contributed by atoms with Crippen LogP contribution in [0.2, 0.25) is 5.02 Å². The van der Waals surface area contributed by atoms with Crippen LogP contribution in [0, 0.1) is 10.1 Å². The molecule has 1 atom stereocenters. The van der Waals surface area contributed by atoms with Crippen molar-refractivity contribution in [3.63, 3.8) is 0 Å². The van der Waals surface area contributed by atoms with Gasteiger partial charge in [0.25, 0.3) is 11.6 Å². The Morgan fingerprint density at radius 1 is 1.19 bits per heavy atom. The number of hydrogen-bond donors (Lipinski definition) is 0. The van der Waals surface area contributed by atoms with E-state index in [0.717, 1.165) is 0 Å². The number of carbonyl (C=O) groups is 1. The molecule has 1 unspecified atom stereocenters. The topological polar surface area (TPSA) is 103 Å². The van der Waals surface area contributed by atoms with E-state index in [1.165, 1.54) is 18.2 Å². The van der Waals surface area contributed by atoms with Crippen molar-refractivity contribution in [2.45, 2.75) is 32.4 Å². The van der Waals surface area contributed by atoms with Crippen LogP contribution in [-0.2, 0) is 4.74 Å². The molecule has 0 saturated carbocycles. The highest BCUT2D eigenvalue weighted by Crippen LogP contribution is 2.38. The Morgan fingerprint density at radius 3 is 2.56 bits per heavy atom. The Kier molecular flexibility index (Phi) is 5.99. The highest BCUT2D eigenvalue weighted by Gasteiger charge is 2.42. The smallest absolute Gasteiger partial charge is 0.290 e. The third-order valence-corrected chi connectivity index (χ3v) is 5.58. The zero-order valence-electron chi connectivity index (χ0n) is 17.5. The van der Waals surface area contributed by atoms with Gasteiger partial charge in [0.05, 0.1) is 28.0 Å². The van der Waals surface area contributed by atoms with Gasteiger partial charge < -0.3 is 14.1 Å². The molecule has 0 N–H and O–H groups in total. The monoisotopic (exact) mass is 456 g/mol. The fraction of sp³-hybridized carbons (Fsp3) is 0.304. The van der Waals surface area contributed by atoms with Crippen molar-refractivity contribution in [2.24, 2.45) is 0 Å². The molecule has 2 aromatic carbocycles. The molecule has 3 aromatic rings. The summed E-state index contributed by atoms with van der Waals surface area (Å²) < 4.78 is 11.4. The summed E-state index contributed by atoms with van der Waals surface area (Å²) in [5.74, 6) is -0.417. The number of non-ortho nitro benzene ring substituents is 1. The third kappa shape index (κ3) is 3.99. The zero-order chi connectivity index (χ0) is 23.0.